The third kappa shape index (κ3) is 4.09. The van der Waals surface area contributed by atoms with Gasteiger partial charge in [0.25, 0.3) is 5.91 Å². The maximum absolute atomic E-state index is 12.7. The van der Waals surface area contributed by atoms with Crippen LogP contribution in [0.1, 0.15) is 16.1 Å². The Hall–Kier alpha value is -3.46. The molecule has 0 atom stereocenters. The van der Waals surface area contributed by atoms with E-state index in [9.17, 15) is 4.79 Å². The molecule has 9 heteroatoms. The molecule has 0 saturated carbocycles. The monoisotopic (exact) mass is 439 g/mol. The molecule has 1 amide bonds. The summed E-state index contributed by atoms with van der Waals surface area (Å²) in [6, 6.07) is 16.2. The smallest absolute Gasteiger partial charge is 0.259 e. The number of halogens is 1. The van der Waals surface area contributed by atoms with E-state index in [0.717, 1.165) is 10.2 Å². The summed E-state index contributed by atoms with van der Waals surface area (Å²) in [7, 11) is 0. The zero-order valence-electron chi connectivity index (χ0n) is 14.4. The van der Waals surface area contributed by atoms with Crippen molar-refractivity contribution in [1.82, 2.24) is 20.2 Å². The first-order valence-corrected chi connectivity index (χ1v) is 9.08. The number of nitrogens with zero attached hydrogens (tertiary/aromatic N) is 4. The Labute approximate surface area is 168 Å². The van der Waals surface area contributed by atoms with Crippen LogP contribution in [-0.4, -0.2) is 26.1 Å². The lowest BCUT2D eigenvalue weighted by Gasteiger charge is -2.08. The van der Waals surface area contributed by atoms with Crippen LogP contribution in [0, 0.1) is 0 Å². The van der Waals surface area contributed by atoms with Crippen LogP contribution in [0.3, 0.4) is 0 Å². The van der Waals surface area contributed by atoms with Crippen molar-refractivity contribution < 1.29 is 13.9 Å². The number of nitrogens with one attached hydrogen (secondary N) is 1. The van der Waals surface area contributed by atoms with E-state index in [-0.39, 0.29) is 12.5 Å². The SMILES string of the molecule is O=C(Nc1cccc(-n2cnnn2)c1)c1ccoc1COc1ccc(Br)cc1. The fourth-order valence-electron chi connectivity index (χ4n) is 2.54. The van der Waals surface area contributed by atoms with Crippen molar-refractivity contribution in [3.63, 3.8) is 0 Å². The molecule has 0 aliphatic rings. The molecule has 0 unspecified atom stereocenters. The molecule has 0 saturated heterocycles. The number of ether oxygens (including phenoxy) is 1. The number of aromatic nitrogens is 4. The molecule has 0 aliphatic heterocycles. The standard InChI is InChI=1S/C19H14BrN5O3/c20-13-4-6-16(7-5-13)28-11-18-17(8-9-27-18)19(26)22-14-2-1-3-15(10-14)25-12-21-23-24-25/h1-10,12H,11H2,(H,22,26). The van der Waals surface area contributed by atoms with Gasteiger partial charge in [-0.2, -0.15) is 0 Å². The average molecular weight is 440 g/mol. The first-order valence-electron chi connectivity index (χ1n) is 8.28. The van der Waals surface area contributed by atoms with Gasteiger partial charge < -0.3 is 14.5 Å². The normalized spacial score (nSPS) is 10.6. The van der Waals surface area contributed by atoms with Gasteiger partial charge in [0.15, 0.2) is 5.76 Å². The fraction of sp³-hybridized carbons (Fsp3) is 0.0526. The molecule has 0 aliphatic carbocycles. The number of hydrogen-bond acceptors (Lipinski definition) is 6. The molecule has 0 radical (unpaired) electrons. The highest BCUT2D eigenvalue weighted by molar-refractivity contribution is 9.10. The molecule has 2 aromatic heterocycles. The van der Waals surface area contributed by atoms with Crippen molar-refractivity contribution in [1.29, 1.82) is 0 Å². The maximum Gasteiger partial charge on any atom is 0.259 e. The second-order valence-corrected chi connectivity index (χ2v) is 6.67. The number of benzene rings is 2. The lowest BCUT2D eigenvalue weighted by atomic mass is 10.2. The minimum absolute atomic E-state index is 0.141. The number of amides is 1. The molecule has 1 N–H and O–H groups in total. The number of hydrogen-bond donors (Lipinski definition) is 1. The zero-order valence-corrected chi connectivity index (χ0v) is 16.0. The Bertz CT molecular complexity index is 1080. The van der Waals surface area contributed by atoms with E-state index in [1.165, 1.54) is 17.3 Å². The van der Waals surface area contributed by atoms with Crippen molar-refractivity contribution >= 4 is 27.5 Å². The van der Waals surface area contributed by atoms with Crippen LogP contribution in [-0.2, 0) is 6.61 Å². The molecule has 8 nitrogen and oxygen atoms in total. The van der Waals surface area contributed by atoms with Crippen molar-refractivity contribution in [2.45, 2.75) is 6.61 Å². The predicted octanol–water partition coefficient (Wildman–Crippen LogP) is 3.85. The third-order valence-electron chi connectivity index (χ3n) is 3.89. The fourth-order valence-corrected chi connectivity index (χ4v) is 2.80. The summed E-state index contributed by atoms with van der Waals surface area (Å²) in [6.07, 6.45) is 2.95. The molecule has 0 fully saturated rings. The summed E-state index contributed by atoms with van der Waals surface area (Å²) < 4.78 is 13.6. The van der Waals surface area contributed by atoms with Gasteiger partial charge in [0, 0.05) is 10.2 Å². The molecule has 0 bridgehead atoms. The zero-order chi connectivity index (χ0) is 19.3. The number of carbonyl (C=O) groups excluding carboxylic acids is 1. The first kappa shape index (κ1) is 17.9. The minimum Gasteiger partial charge on any atom is -0.486 e. The lowest BCUT2D eigenvalue weighted by molar-refractivity contribution is 0.102. The lowest BCUT2D eigenvalue weighted by Crippen LogP contribution is -2.14. The van der Waals surface area contributed by atoms with E-state index in [1.807, 2.05) is 30.3 Å². The van der Waals surface area contributed by atoms with Crippen LogP contribution in [0.5, 0.6) is 5.75 Å². The van der Waals surface area contributed by atoms with Crippen LogP contribution < -0.4 is 10.1 Å². The Balaban J connectivity index is 1.45. The van der Waals surface area contributed by atoms with Crippen LogP contribution in [0.25, 0.3) is 5.69 Å². The second-order valence-electron chi connectivity index (χ2n) is 5.76. The summed E-state index contributed by atoms with van der Waals surface area (Å²) in [5.74, 6) is 0.828. The molecule has 0 spiro atoms. The summed E-state index contributed by atoms with van der Waals surface area (Å²) in [5, 5.41) is 13.9. The van der Waals surface area contributed by atoms with Gasteiger partial charge in [0.2, 0.25) is 0 Å². The van der Waals surface area contributed by atoms with Gasteiger partial charge in [0.1, 0.15) is 18.7 Å². The van der Waals surface area contributed by atoms with E-state index in [2.05, 4.69) is 36.8 Å². The predicted molar refractivity (Wildman–Crippen MR) is 104 cm³/mol. The number of tetrazole rings is 1. The summed E-state index contributed by atoms with van der Waals surface area (Å²) >= 11 is 3.38. The van der Waals surface area contributed by atoms with Crippen LogP contribution in [0.15, 0.2) is 76.1 Å². The molecule has 4 aromatic rings. The molecule has 140 valence electrons. The summed E-state index contributed by atoms with van der Waals surface area (Å²) in [4.78, 5) is 12.7. The third-order valence-corrected chi connectivity index (χ3v) is 4.42. The van der Waals surface area contributed by atoms with Gasteiger partial charge in [-0.05, 0) is 59.0 Å². The Morgan fingerprint density at radius 2 is 2.04 bits per heavy atom. The van der Waals surface area contributed by atoms with Gasteiger partial charge in [0.05, 0.1) is 17.5 Å². The Morgan fingerprint density at radius 1 is 1.18 bits per heavy atom. The van der Waals surface area contributed by atoms with Crippen molar-refractivity contribution in [2.24, 2.45) is 0 Å². The van der Waals surface area contributed by atoms with E-state index in [1.54, 1.807) is 24.3 Å². The van der Waals surface area contributed by atoms with Gasteiger partial charge >= 0.3 is 0 Å². The van der Waals surface area contributed by atoms with E-state index >= 15 is 0 Å². The highest BCUT2D eigenvalue weighted by Gasteiger charge is 2.16. The van der Waals surface area contributed by atoms with Gasteiger partial charge in [-0.15, -0.1) is 5.10 Å². The topological polar surface area (TPSA) is 95.1 Å². The van der Waals surface area contributed by atoms with Crippen LogP contribution >= 0.6 is 15.9 Å². The largest absolute Gasteiger partial charge is 0.486 e. The second kappa shape index (κ2) is 8.05. The van der Waals surface area contributed by atoms with Gasteiger partial charge in [-0.3, -0.25) is 4.79 Å². The molecule has 4 rings (SSSR count). The number of rotatable bonds is 6. The Kier molecular flexibility index (Phi) is 5.16. The van der Waals surface area contributed by atoms with E-state index < -0.39 is 0 Å². The number of carbonyl (C=O) groups is 1. The van der Waals surface area contributed by atoms with Crippen LogP contribution in [0.4, 0.5) is 5.69 Å². The molecule has 2 aromatic carbocycles. The summed E-state index contributed by atoms with van der Waals surface area (Å²) in [6.45, 7) is 0.141. The van der Waals surface area contributed by atoms with E-state index in [4.69, 9.17) is 9.15 Å². The number of furan rings is 1. The minimum atomic E-state index is -0.294. The molecular formula is C19H14BrN5O3. The van der Waals surface area contributed by atoms with Crippen LogP contribution in [0.2, 0.25) is 0 Å². The van der Waals surface area contributed by atoms with Gasteiger partial charge in [-0.25, -0.2) is 4.68 Å². The summed E-state index contributed by atoms with van der Waals surface area (Å²) in [5.41, 5.74) is 1.75. The Morgan fingerprint density at radius 3 is 2.82 bits per heavy atom. The average Bonchev–Trinajstić information content (AvgIpc) is 3.40. The molecule has 28 heavy (non-hydrogen) atoms. The number of anilines is 1. The molecular weight excluding hydrogens is 426 g/mol. The van der Waals surface area contributed by atoms with Crippen molar-refractivity contribution in [2.75, 3.05) is 5.32 Å². The highest BCUT2D eigenvalue weighted by atomic mass is 79.9. The quantitative estimate of drug-likeness (QED) is 0.490. The van der Waals surface area contributed by atoms with Crippen molar-refractivity contribution in [3.8, 4) is 11.4 Å². The molecule has 2 heterocycles. The maximum atomic E-state index is 12.7. The first-order chi connectivity index (χ1) is 13.7. The van der Waals surface area contributed by atoms with Crippen molar-refractivity contribution in [3.05, 3.63) is 83.0 Å². The highest BCUT2D eigenvalue weighted by Crippen LogP contribution is 2.20. The van der Waals surface area contributed by atoms with E-state index in [0.29, 0.717) is 22.8 Å². The van der Waals surface area contributed by atoms with Gasteiger partial charge in [-0.1, -0.05) is 22.0 Å².